The molecule has 0 radical (unpaired) electrons. The van der Waals surface area contributed by atoms with Crippen LogP contribution in [0.25, 0.3) is 27.9 Å². The van der Waals surface area contributed by atoms with E-state index in [-0.39, 0.29) is 11.5 Å². The van der Waals surface area contributed by atoms with Crippen LogP contribution in [0.15, 0.2) is 59.8 Å². The molecule has 31 heavy (non-hydrogen) atoms. The summed E-state index contributed by atoms with van der Waals surface area (Å²) in [5.74, 6) is -0.0300. The molecule has 9 nitrogen and oxygen atoms in total. The third kappa shape index (κ3) is 2.88. The maximum atomic E-state index is 13.7. The van der Waals surface area contributed by atoms with Gasteiger partial charge in [-0.05, 0) is 30.2 Å². The first-order valence-electron chi connectivity index (χ1n) is 9.84. The lowest BCUT2D eigenvalue weighted by Gasteiger charge is -2.12. The molecule has 5 aromatic rings. The number of pyridine rings is 1. The highest BCUT2D eigenvalue weighted by Crippen LogP contribution is 2.29. The largest absolute Gasteiger partial charge is 0.299 e. The molecule has 0 bridgehead atoms. The van der Waals surface area contributed by atoms with Crippen molar-refractivity contribution in [3.63, 3.8) is 0 Å². The van der Waals surface area contributed by atoms with Crippen molar-refractivity contribution in [2.75, 3.05) is 0 Å². The van der Waals surface area contributed by atoms with Gasteiger partial charge in [-0.15, -0.1) is 9.78 Å². The summed E-state index contributed by atoms with van der Waals surface area (Å²) in [5.41, 5.74) is 4.04. The number of para-hydroxylation sites is 2. The molecule has 5 rings (SSSR count). The normalized spacial score (nSPS) is 11.4. The molecular formula is C22H18N8O. The van der Waals surface area contributed by atoms with E-state index in [9.17, 15) is 10.1 Å². The molecule has 9 heteroatoms. The predicted octanol–water partition coefficient (Wildman–Crippen LogP) is 2.80. The van der Waals surface area contributed by atoms with Crippen LogP contribution in [0.3, 0.4) is 0 Å². The van der Waals surface area contributed by atoms with Crippen molar-refractivity contribution in [3.05, 3.63) is 76.7 Å². The van der Waals surface area contributed by atoms with Crippen LogP contribution in [0.1, 0.15) is 31.2 Å². The summed E-state index contributed by atoms with van der Waals surface area (Å²) in [6.45, 7) is 4.22. The van der Waals surface area contributed by atoms with Gasteiger partial charge in [0, 0.05) is 6.20 Å². The summed E-state index contributed by atoms with van der Waals surface area (Å²) in [4.78, 5) is 22.6. The van der Waals surface area contributed by atoms with Gasteiger partial charge in [0.2, 0.25) is 6.19 Å². The van der Waals surface area contributed by atoms with E-state index in [1.807, 2.05) is 62.5 Å². The molecule has 4 heterocycles. The Bertz CT molecular complexity index is 1520. The number of aromatic nitrogens is 7. The fourth-order valence-electron chi connectivity index (χ4n) is 3.90. The number of rotatable bonds is 4. The van der Waals surface area contributed by atoms with Crippen LogP contribution in [-0.2, 0) is 6.54 Å². The maximum absolute atomic E-state index is 13.7. The number of hydrogen-bond donors (Lipinski definition) is 0. The lowest BCUT2D eigenvalue weighted by molar-refractivity contribution is 0.725. The molecule has 0 N–H and O–H groups in total. The lowest BCUT2D eigenvalue weighted by Crippen LogP contribution is -2.24. The Hall–Kier alpha value is -4.32. The van der Waals surface area contributed by atoms with Crippen molar-refractivity contribution in [1.29, 1.82) is 5.26 Å². The summed E-state index contributed by atoms with van der Waals surface area (Å²) in [6.07, 6.45) is 5.34. The Labute approximate surface area is 176 Å². The van der Waals surface area contributed by atoms with E-state index < -0.39 is 0 Å². The number of fused-ring (bicyclic) bond motifs is 3. The molecule has 4 aromatic heterocycles. The van der Waals surface area contributed by atoms with Crippen LogP contribution in [0.5, 0.6) is 0 Å². The second-order valence-corrected chi connectivity index (χ2v) is 7.50. The molecule has 0 amide bonds. The third-order valence-electron chi connectivity index (χ3n) is 5.26. The topological polar surface area (TPSA) is 107 Å². The SMILES string of the molecule is CC(C)c1c(-c2ncn3c2c(=O)n(Cc2ccccn2)c2ccccc23)nnn1C#N. The van der Waals surface area contributed by atoms with Crippen LogP contribution in [0.4, 0.5) is 0 Å². The molecule has 0 saturated heterocycles. The number of hydrogen-bond acceptors (Lipinski definition) is 6. The Morgan fingerprint density at radius 1 is 1.03 bits per heavy atom. The molecule has 0 aliphatic rings. The maximum Gasteiger partial charge on any atom is 0.278 e. The van der Waals surface area contributed by atoms with E-state index in [2.05, 4.69) is 20.3 Å². The fourth-order valence-corrected chi connectivity index (χ4v) is 3.90. The van der Waals surface area contributed by atoms with E-state index in [0.717, 1.165) is 16.7 Å². The molecule has 0 saturated carbocycles. The van der Waals surface area contributed by atoms with Crippen molar-refractivity contribution >= 4 is 16.6 Å². The van der Waals surface area contributed by atoms with Gasteiger partial charge in [0.25, 0.3) is 5.56 Å². The van der Waals surface area contributed by atoms with Crippen molar-refractivity contribution in [2.45, 2.75) is 26.3 Å². The number of nitrogens with zero attached hydrogens (tertiary/aromatic N) is 8. The van der Waals surface area contributed by atoms with Gasteiger partial charge in [-0.1, -0.05) is 37.3 Å². The molecule has 0 atom stereocenters. The molecule has 1 aromatic carbocycles. The van der Waals surface area contributed by atoms with Gasteiger partial charge < -0.3 is 0 Å². The molecule has 0 spiro atoms. The summed E-state index contributed by atoms with van der Waals surface area (Å²) in [7, 11) is 0. The van der Waals surface area contributed by atoms with Gasteiger partial charge >= 0.3 is 0 Å². The van der Waals surface area contributed by atoms with Crippen molar-refractivity contribution in [2.24, 2.45) is 0 Å². The number of benzene rings is 1. The van der Waals surface area contributed by atoms with Gasteiger partial charge in [0.05, 0.1) is 29.0 Å². The predicted molar refractivity (Wildman–Crippen MR) is 114 cm³/mol. The number of nitriles is 1. The van der Waals surface area contributed by atoms with E-state index in [1.165, 1.54) is 4.68 Å². The van der Waals surface area contributed by atoms with Crippen LogP contribution in [0, 0.1) is 11.5 Å². The molecule has 0 aliphatic heterocycles. The van der Waals surface area contributed by atoms with Gasteiger partial charge in [0.15, 0.2) is 0 Å². The Morgan fingerprint density at radius 2 is 1.81 bits per heavy atom. The second-order valence-electron chi connectivity index (χ2n) is 7.50. The molecule has 0 fully saturated rings. The van der Waals surface area contributed by atoms with E-state index in [0.29, 0.717) is 29.1 Å². The smallest absolute Gasteiger partial charge is 0.278 e. The summed E-state index contributed by atoms with van der Waals surface area (Å²) < 4.78 is 4.65. The van der Waals surface area contributed by atoms with Gasteiger partial charge in [-0.3, -0.25) is 18.7 Å². The van der Waals surface area contributed by atoms with Crippen molar-refractivity contribution in [3.8, 4) is 17.6 Å². The van der Waals surface area contributed by atoms with Crippen LogP contribution >= 0.6 is 0 Å². The first-order chi connectivity index (χ1) is 15.1. The van der Waals surface area contributed by atoms with Crippen LogP contribution < -0.4 is 5.56 Å². The first-order valence-corrected chi connectivity index (χ1v) is 9.84. The highest BCUT2D eigenvalue weighted by atomic mass is 16.1. The highest BCUT2D eigenvalue weighted by molar-refractivity contribution is 5.84. The zero-order chi connectivity index (χ0) is 21.5. The van der Waals surface area contributed by atoms with Crippen LogP contribution in [0.2, 0.25) is 0 Å². The van der Waals surface area contributed by atoms with Gasteiger partial charge in [0.1, 0.15) is 23.2 Å². The quantitative estimate of drug-likeness (QED) is 0.451. The van der Waals surface area contributed by atoms with E-state index >= 15 is 0 Å². The van der Waals surface area contributed by atoms with Crippen molar-refractivity contribution in [1.82, 2.24) is 33.9 Å². The Kier molecular flexibility index (Phi) is 4.33. The molecular weight excluding hydrogens is 392 g/mol. The van der Waals surface area contributed by atoms with Crippen LogP contribution in [-0.4, -0.2) is 33.9 Å². The lowest BCUT2D eigenvalue weighted by atomic mass is 10.1. The standard InChI is InChI=1S/C22H18N8O/c1-14(2)20-19(26-27-30(20)12-23)18-21-22(31)28(11-15-7-5-6-10-24-15)16-8-3-4-9-17(16)29(21)13-25-18/h3-10,13-14H,11H2,1-2H3. The minimum absolute atomic E-state index is 0.0300. The summed E-state index contributed by atoms with van der Waals surface area (Å²) in [5, 5.41) is 17.5. The minimum Gasteiger partial charge on any atom is -0.299 e. The van der Waals surface area contributed by atoms with E-state index in [1.54, 1.807) is 21.5 Å². The molecule has 152 valence electrons. The minimum atomic E-state index is -0.210. The fraction of sp³-hybridized carbons (Fsp3) is 0.182. The van der Waals surface area contributed by atoms with Crippen molar-refractivity contribution < 1.29 is 0 Å². The van der Waals surface area contributed by atoms with Gasteiger partial charge in [-0.2, -0.15) is 5.26 Å². The second kappa shape index (κ2) is 7.18. The number of imidazole rings is 1. The van der Waals surface area contributed by atoms with E-state index in [4.69, 9.17) is 0 Å². The van der Waals surface area contributed by atoms with Gasteiger partial charge in [-0.25, -0.2) is 4.98 Å². The first kappa shape index (κ1) is 18.7. The average molecular weight is 410 g/mol. The average Bonchev–Trinajstić information content (AvgIpc) is 3.41. The Morgan fingerprint density at radius 3 is 2.52 bits per heavy atom. The zero-order valence-electron chi connectivity index (χ0n) is 17.0. The summed E-state index contributed by atoms with van der Waals surface area (Å²) >= 11 is 0. The summed E-state index contributed by atoms with van der Waals surface area (Å²) in [6, 6.07) is 13.3. The highest BCUT2D eigenvalue weighted by Gasteiger charge is 2.24. The molecule has 0 unspecified atom stereocenters. The zero-order valence-corrected chi connectivity index (χ0v) is 17.0. The third-order valence-corrected chi connectivity index (χ3v) is 5.26. The Balaban J connectivity index is 1.84. The molecule has 0 aliphatic carbocycles. The monoisotopic (exact) mass is 410 g/mol.